The van der Waals surface area contributed by atoms with Crippen molar-refractivity contribution >= 4 is 17.0 Å². The van der Waals surface area contributed by atoms with Gasteiger partial charge in [0.15, 0.2) is 0 Å². The normalized spacial score (nSPS) is 12.1. The van der Waals surface area contributed by atoms with Crippen LogP contribution in [0.25, 0.3) is 0 Å². The van der Waals surface area contributed by atoms with E-state index in [2.05, 4.69) is 5.32 Å². The first kappa shape index (κ1) is 15.8. The van der Waals surface area contributed by atoms with Gasteiger partial charge < -0.3 is 19.9 Å². The van der Waals surface area contributed by atoms with Gasteiger partial charge in [0.1, 0.15) is 5.75 Å². The van der Waals surface area contributed by atoms with E-state index in [1.807, 2.05) is 42.6 Å². The Morgan fingerprint density at radius 2 is 2.19 bits per heavy atom. The third-order valence-electron chi connectivity index (χ3n) is 3.10. The summed E-state index contributed by atoms with van der Waals surface area (Å²) >= 11 is 1.66. The molecule has 0 spiro atoms. The van der Waals surface area contributed by atoms with Crippen molar-refractivity contribution in [2.24, 2.45) is 0 Å². The van der Waals surface area contributed by atoms with Crippen molar-refractivity contribution in [2.45, 2.75) is 19.6 Å². The predicted molar refractivity (Wildman–Crippen MR) is 86.2 cm³/mol. The standard InChI is InChI=1S/C16H21NO3S/c1-12-8-14(19-2)5-6-16(12)17-9-13(18)10-20-11-15-4-3-7-21-15/h3-8,13,17-18H,9-11H2,1-2H3. The number of rotatable bonds is 8. The fraction of sp³-hybridized carbons (Fsp3) is 0.375. The maximum atomic E-state index is 9.92. The Bertz CT molecular complexity index is 542. The number of nitrogens with one attached hydrogen (secondary N) is 1. The average Bonchev–Trinajstić information content (AvgIpc) is 2.99. The van der Waals surface area contributed by atoms with Gasteiger partial charge in [-0.2, -0.15) is 0 Å². The van der Waals surface area contributed by atoms with Gasteiger partial charge in [-0.05, 0) is 42.1 Å². The number of methoxy groups -OCH3 is 1. The number of aliphatic hydroxyl groups is 1. The van der Waals surface area contributed by atoms with Gasteiger partial charge >= 0.3 is 0 Å². The van der Waals surface area contributed by atoms with Crippen LogP contribution in [0, 0.1) is 6.92 Å². The molecule has 1 unspecified atom stereocenters. The third-order valence-corrected chi connectivity index (χ3v) is 3.95. The van der Waals surface area contributed by atoms with Crippen molar-refractivity contribution < 1.29 is 14.6 Å². The Labute approximate surface area is 129 Å². The summed E-state index contributed by atoms with van der Waals surface area (Å²) in [6.45, 7) is 3.33. The summed E-state index contributed by atoms with van der Waals surface area (Å²) in [5.74, 6) is 0.831. The summed E-state index contributed by atoms with van der Waals surface area (Å²) in [5, 5.41) is 15.2. The van der Waals surface area contributed by atoms with E-state index in [-0.39, 0.29) is 0 Å². The van der Waals surface area contributed by atoms with E-state index >= 15 is 0 Å². The number of hydrogen-bond donors (Lipinski definition) is 2. The topological polar surface area (TPSA) is 50.7 Å². The van der Waals surface area contributed by atoms with E-state index < -0.39 is 6.10 Å². The molecular weight excluding hydrogens is 286 g/mol. The van der Waals surface area contributed by atoms with Gasteiger partial charge in [-0.3, -0.25) is 0 Å². The minimum Gasteiger partial charge on any atom is -0.497 e. The van der Waals surface area contributed by atoms with Crippen LogP contribution in [0.1, 0.15) is 10.4 Å². The van der Waals surface area contributed by atoms with Crippen molar-refractivity contribution in [3.05, 3.63) is 46.2 Å². The molecule has 0 radical (unpaired) electrons. The first-order valence-corrected chi connectivity index (χ1v) is 7.73. The first-order chi connectivity index (χ1) is 10.2. The van der Waals surface area contributed by atoms with Gasteiger partial charge in [0.05, 0.1) is 26.4 Å². The highest BCUT2D eigenvalue weighted by Crippen LogP contribution is 2.20. The molecule has 0 saturated carbocycles. The molecule has 0 aliphatic rings. The largest absolute Gasteiger partial charge is 0.497 e. The molecule has 1 heterocycles. The molecule has 21 heavy (non-hydrogen) atoms. The average molecular weight is 307 g/mol. The van der Waals surface area contributed by atoms with E-state index in [0.717, 1.165) is 17.0 Å². The Kier molecular flexibility index (Phi) is 6.04. The fourth-order valence-electron chi connectivity index (χ4n) is 1.94. The second-order valence-corrected chi connectivity index (χ2v) is 5.84. The molecule has 1 atom stereocenters. The maximum absolute atomic E-state index is 9.92. The molecule has 0 saturated heterocycles. The van der Waals surface area contributed by atoms with Crippen molar-refractivity contribution in [2.75, 3.05) is 25.6 Å². The van der Waals surface area contributed by atoms with E-state index in [0.29, 0.717) is 19.8 Å². The molecule has 0 amide bonds. The van der Waals surface area contributed by atoms with Gasteiger partial charge in [-0.1, -0.05) is 6.07 Å². The second kappa shape index (κ2) is 8.02. The fourth-order valence-corrected chi connectivity index (χ4v) is 2.58. The van der Waals surface area contributed by atoms with Crippen molar-refractivity contribution in [1.29, 1.82) is 0 Å². The minimum absolute atomic E-state index is 0.320. The van der Waals surface area contributed by atoms with Crippen molar-refractivity contribution in [3.8, 4) is 5.75 Å². The Hall–Kier alpha value is -1.56. The van der Waals surface area contributed by atoms with Crippen molar-refractivity contribution in [1.82, 2.24) is 0 Å². The number of hydrogen-bond acceptors (Lipinski definition) is 5. The molecule has 2 N–H and O–H groups in total. The van der Waals surface area contributed by atoms with Crippen LogP contribution >= 0.6 is 11.3 Å². The van der Waals surface area contributed by atoms with Crippen LogP contribution in [0.3, 0.4) is 0 Å². The summed E-state index contributed by atoms with van der Waals surface area (Å²) in [6, 6.07) is 9.83. The lowest BCUT2D eigenvalue weighted by Gasteiger charge is -2.15. The molecule has 2 aromatic rings. The molecular formula is C16H21NO3S. The van der Waals surface area contributed by atoms with Gasteiger partial charge in [0, 0.05) is 17.1 Å². The van der Waals surface area contributed by atoms with E-state index in [9.17, 15) is 5.11 Å². The Balaban J connectivity index is 1.72. The van der Waals surface area contributed by atoms with E-state index in [1.54, 1.807) is 18.4 Å². The van der Waals surface area contributed by atoms with Crippen LogP contribution in [0.5, 0.6) is 5.75 Å². The van der Waals surface area contributed by atoms with Crippen LogP contribution in [-0.2, 0) is 11.3 Å². The summed E-state index contributed by atoms with van der Waals surface area (Å²) in [5.41, 5.74) is 2.08. The van der Waals surface area contributed by atoms with E-state index in [4.69, 9.17) is 9.47 Å². The lowest BCUT2D eigenvalue weighted by atomic mass is 10.2. The molecule has 0 aliphatic heterocycles. The highest BCUT2D eigenvalue weighted by atomic mass is 32.1. The number of aryl methyl sites for hydroxylation is 1. The monoisotopic (exact) mass is 307 g/mol. The molecule has 1 aromatic carbocycles. The van der Waals surface area contributed by atoms with Crippen LogP contribution < -0.4 is 10.1 Å². The van der Waals surface area contributed by atoms with Gasteiger partial charge in [0.2, 0.25) is 0 Å². The lowest BCUT2D eigenvalue weighted by Crippen LogP contribution is -2.25. The molecule has 0 bridgehead atoms. The number of benzene rings is 1. The van der Waals surface area contributed by atoms with E-state index in [1.165, 1.54) is 4.88 Å². The molecule has 1 aromatic heterocycles. The molecule has 0 fully saturated rings. The second-order valence-electron chi connectivity index (χ2n) is 4.81. The lowest BCUT2D eigenvalue weighted by molar-refractivity contribution is 0.0359. The third kappa shape index (κ3) is 5.04. The molecule has 2 rings (SSSR count). The zero-order valence-electron chi connectivity index (χ0n) is 12.3. The smallest absolute Gasteiger partial charge is 0.119 e. The highest BCUT2D eigenvalue weighted by molar-refractivity contribution is 7.09. The first-order valence-electron chi connectivity index (χ1n) is 6.85. The van der Waals surface area contributed by atoms with Crippen LogP contribution in [0.2, 0.25) is 0 Å². The number of ether oxygens (including phenoxy) is 2. The molecule has 0 aliphatic carbocycles. The number of thiophene rings is 1. The molecule has 5 heteroatoms. The quantitative estimate of drug-likeness (QED) is 0.787. The zero-order valence-corrected chi connectivity index (χ0v) is 13.2. The minimum atomic E-state index is -0.536. The zero-order chi connectivity index (χ0) is 15.1. The van der Waals surface area contributed by atoms with Crippen LogP contribution in [-0.4, -0.2) is 31.5 Å². The number of anilines is 1. The Morgan fingerprint density at radius 3 is 2.86 bits per heavy atom. The van der Waals surface area contributed by atoms with Crippen LogP contribution in [0.15, 0.2) is 35.7 Å². The Morgan fingerprint density at radius 1 is 1.33 bits per heavy atom. The summed E-state index contributed by atoms with van der Waals surface area (Å²) in [7, 11) is 1.65. The van der Waals surface area contributed by atoms with Gasteiger partial charge in [-0.25, -0.2) is 0 Å². The SMILES string of the molecule is COc1ccc(NCC(O)COCc2cccs2)c(C)c1. The van der Waals surface area contributed by atoms with Gasteiger partial charge in [-0.15, -0.1) is 11.3 Å². The predicted octanol–water partition coefficient (Wildman–Crippen LogP) is 3.05. The highest BCUT2D eigenvalue weighted by Gasteiger charge is 2.06. The van der Waals surface area contributed by atoms with Crippen molar-refractivity contribution in [3.63, 3.8) is 0 Å². The van der Waals surface area contributed by atoms with Crippen LogP contribution in [0.4, 0.5) is 5.69 Å². The number of aliphatic hydroxyl groups excluding tert-OH is 1. The van der Waals surface area contributed by atoms with Gasteiger partial charge in [0.25, 0.3) is 0 Å². The summed E-state index contributed by atoms with van der Waals surface area (Å²) in [6.07, 6.45) is -0.536. The molecule has 4 nitrogen and oxygen atoms in total. The summed E-state index contributed by atoms with van der Waals surface area (Å²) in [4.78, 5) is 1.17. The maximum Gasteiger partial charge on any atom is 0.119 e. The molecule has 114 valence electrons. The summed E-state index contributed by atoms with van der Waals surface area (Å²) < 4.78 is 10.7.